The van der Waals surface area contributed by atoms with Crippen LogP contribution in [0.4, 0.5) is 4.79 Å². The number of hydrogen-bond acceptors (Lipinski definition) is 5. The SMILES string of the molecule is CC(C)(C)OC(=O)N1C/C(=C\c2cccc(O)c2)C(=O)/C(=C/c2cccc(O)c2)C1. The topological polar surface area (TPSA) is 87.1 Å². The molecule has 30 heavy (non-hydrogen) atoms. The zero-order valence-electron chi connectivity index (χ0n) is 17.3. The number of piperidine rings is 1. The zero-order chi connectivity index (χ0) is 21.9. The number of aromatic hydroxyl groups is 2. The van der Waals surface area contributed by atoms with Gasteiger partial charge in [0.15, 0.2) is 5.78 Å². The second-order valence-corrected chi connectivity index (χ2v) is 8.19. The van der Waals surface area contributed by atoms with Gasteiger partial charge in [0.25, 0.3) is 0 Å². The van der Waals surface area contributed by atoms with Gasteiger partial charge in [0.1, 0.15) is 17.1 Å². The summed E-state index contributed by atoms with van der Waals surface area (Å²) in [4.78, 5) is 27.3. The van der Waals surface area contributed by atoms with Crippen LogP contribution in [0.3, 0.4) is 0 Å². The second-order valence-electron chi connectivity index (χ2n) is 8.19. The van der Waals surface area contributed by atoms with Crippen LogP contribution in [0.25, 0.3) is 12.2 Å². The lowest BCUT2D eigenvalue weighted by Gasteiger charge is -2.32. The molecule has 1 aliphatic rings. The fourth-order valence-corrected chi connectivity index (χ4v) is 3.13. The van der Waals surface area contributed by atoms with Crippen molar-refractivity contribution in [2.75, 3.05) is 13.1 Å². The molecule has 1 fully saturated rings. The second kappa shape index (κ2) is 8.45. The van der Waals surface area contributed by atoms with Crippen LogP contribution in [-0.2, 0) is 9.53 Å². The molecule has 0 saturated carbocycles. The van der Waals surface area contributed by atoms with Crippen molar-refractivity contribution in [1.82, 2.24) is 4.90 Å². The molecule has 1 amide bonds. The maximum absolute atomic E-state index is 13.1. The molecule has 0 aliphatic carbocycles. The lowest BCUT2D eigenvalue weighted by molar-refractivity contribution is -0.113. The molecular weight excluding hydrogens is 382 g/mol. The van der Waals surface area contributed by atoms with Gasteiger partial charge in [-0.05, 0) is 68.3 Å². The highest BCUT2D eigenvalue weighted by Crippen LogP contribution is 2.25. The van der Waals surface area contributed by atoms with E-state index in [-0.39, 0.29) is 30.4 Å². The molecule has 3 rings (SSSR count). The Bertz CT molecular complexity index is 962. The molecule has 2 aromatic carbocycles. The largest absolute Gasteiger partial charge is 0.508 e. The Kier molecular flexibility index (Phi) is 5.96. The summed E-state index contributed by atoms with van der Waals surface area (Å²) in [7, 11) is 0. The van der Waals surface area contributed by atoms with Gasteiger partial charge in [0.05, 0.1) is 13.1 Å². The van der Waals surface area contributed by atoms with Crippen molar-refractivity contribution in [3.8, 4) is 11.5 Å². The van der Waals surface area contributed by atoms with Crippen LogP contribution < -0.4 is 0 Å². The molecular formula is C24H25NO5. The number of Topliss-reactive ketones (excluding diaryl/α,β-unsaturated/α-hetero) is 1. The van der Waals surface area contributed by atoms with Crippen molar-refractivity contribution in [3.63, 3.8) is 0 Å². The number of phenolic OH excluding ortho intramolecular Hbond substituents is 2. The van der Waals surface area contributed by atoms with Crippen LogP contribution in [0.5, 0.6) is 11.5 Å². The highest BCUT2D eigenvalue weighted by molar-refractivity contribution is 6.15. The van der Waals surface area contributed by atoms with Crippen LogP contribution in [0.15, 0.2) is 59.7 Å². The minimum absolute atomic E-state index is 0.0899. The first kappa shape index (κ1) is 21.2. The van der Waals surface area contributed by atoms with Crippen molar-refractivity contribution >= 4 is 24.0 Å². The number of benzene rings is 2. The third-order valence-electron chi connectivity index (χ3n) is 4.38. The van der Waals surface area contributed by atoms with Crippen LogP contribution >= 0.6 is 0 Å². The predicted molar refractivity (Wildman–Crippen MR) is 115 cm³/mol. The Morgan fingerprint density at radius 2 is 1.40 bits per heavy atom. The normalized spacial score (nSPS) is 17.4. The molecule has 156 valence electrons. The fraction of sp³-hybridized carbons (Fsp3) is 0.250. The molecule has 1 saturated heterocycles. The lowest BCUT2D eigenvalue weighted by Crippen LogP contribution is -2.44. The first-order valence-electron chi connectivity index (χ1n) is 9.62. The van der Waals surface area contributed by atoms with Crippen molar-refractivity contribution in [1.29, 1.82) is 0 Å². The van der Waals surface area contributed by atoms with Crippen molar-refractivity contribution < 1.29 is 24.5 Å². The molecule has 0 spiro atoms. The molecule has 6 nitrogen and oxygen atoms in total. The molecule has 6 heteroatoms. The van der Waals surface area contributed by atoms with Crippen LogP contribution in [-0.4, -0.2) is 45.7 Å². The molecule has 1 heterocycles. The lowest BCUT2D eigenvalue weighted by atomic mass is 9.94. The standard InChI is InChI=1S/C24H25NO5/c1-24(2,3)30-23(29)25-14-18(10-16-6-4-8-20(26)12-16)22(28)19(15-25)11-17-7-5-9-21(27)13-17/h4-13,26-27H,14-15H2,1-3H3/b18-10+,19-11+. The van der Waals surface area contributed by atoms with Gasteiger partial charge in [-0.2, -0.15) is 0 Å². The number of carbonyl (C=O) groups is 2. The molecule has 0 atom stereocenters. The summed E-state index contributed by atoms with van der Waals surface area (Å²) in [5.74, 6) is -0.0132. The molecule has 1 aliphatic heterocycles. The third kappa shape index (κ3) is 5.50. The minimum Gasteiger partial charge on any atom is -0.508 e. The molecule has 2 N–H and O–H groups in total. The summed E-state index contributed by atoms with van der Waals surface area (Å²) < 4.78 is 5.49. The predicted octanol–water partition coefficient (Wildman–Crippen LogP) is 4.38. The van der Waals surface area contributed by atoms with Crippen LogP contribution in [0.1, 0.15) is 31.9 Å². The number of ether oxygens (including phenoxy) is 1. The van der Waals surface area contributed by atoms with E-state index in [4.69, 9.17) is 4.74 Å². The van der Waals surface area contributed by atoms with E-state index in [0.29, 0.717) is 22.3 Å². The average Bonchev–Trinajstić information content (AvgIpc) is 2.63. The van der Waals surface area contributed by atoms with Gasteiger partial charge >= 0.3 is 6.09 Å². The maximum Gasteiger partial charge on any atom is 0.410 e. The van der Waals surface area contributed by atoms with Gasteiger partial charge in [-0.1, -0.05) is 24.3 Å². The molecule has 0 radical (unpaired) electrons. The number of carbonyl (C=O) groups excluding carboxylic acids is 2. The quantitative estimate of drug-likeness (QED) is 0.721. The minimum atomic E-state index is -0.664. The van der Waals surface area contributed by atoms with E-state index in [1.165, 1.54) is 4.90 Å². The van der Waals surface area contributed by atoms with E-state index in [1.807, 2.05) is 0 Å². The fourth-order valence-electron chi connectivity index (χ4n) is 3.13. The summed E-state index contributed by atoms with van der Waals surface area (Å²) in [5, 5.41) is 19.4. The maximum atomic E-state index is 13.1. The average molecular weight is 407 g/mol. The molecule has 0 bridgehead atoms. The van der Waals surface area contributed by atoms with E-state index in [1.54, 1.807) is 81.5 Å². The Hall–Kier alpha value is -3.54. The number of likely N-dealkylation sites (tertiary alicyclic amines) is 1. The molecule has 0 unspecified atom stereocenters. The first-order chi connectivity index (χ1) is 14.1. The van der Waals surface area contributed by atoms with Crippen molar-refractivity contribution in [3.05, 3.63) is 70.8 Å². The van der Waals surface area contributed by atoms with E-state index >= 15 is 0 Å². The highest BCUT2D eigenvalue weighted by atomic mass is 16.6. The third-order valence-corrected chi connectivity index (χ3v) is 4.38. The van der Waals surface area contributed by atoms with E-state index in [9.17, 15) is 19.8 Å². The van der Waals surface area contributed by atoms with Crippen molar-refractivity contribution in [2.45, 2.75) is 26.4 Å². The van der Waals surface area contributed by atoms with Crippen LogP contribution in [0.2, 0.25) is 0 Å². The van der Waals surface area contributed by atoms with E-state index < -0.39 is 11.7 Å². The van der Waals surface area contributed by atoms with E-state index in [0.717, 1.165) is 0 Å². The van der Waals surface area contributed by atoms with Gasteiger partial charge in [0.2, 0.25) is 0 Å². The molecule has 2 aromatic rings. The first-order valence-corrected chi connectivity index (χ1v) is 9.62. The monoisotopic (exact) mass is 407 g/mol. The van der Waals surface area contributed by atoms with Crippen molar-refractivity contribution in [2.24, 2.45) is 0 Å². The van der Waals surface area contributed by atoms with Gasteiger partial charge in [-0.15, -0.1) is 0 Å². The number of hydrogen-bond donors (Lipinski definition) is 2. The summed E-state index contributed by atoms with van der Waals surface area (Å²) in [6.07, 6.45) is 2.81. The highest BCUT2D eigenvalue weighted by Gasteiger charge is 2.31. The smallest absolute Gasteiger partial charge is 0.410 e. The van der Waals surface area contributed by atoms with Gasteiger partial charge in [0, 0.05) is 11.1 Å². The summed E-state index contributed by atoms with van der Waals surface area (Å²) in [6, 6.07) is 13.1. The number of phenols is 2. The Labute approximate surface area is 175 Å². The Morgan fingerprint density at radius 3 is 1.80 bits per heavy atom. The number of ketones is 1. The van der Waals surface area contributed by atoms with Gasteiger partial charge in [-0.25, -0.2) is 4.79 Å². The summed E-state index contributed by atoms with van der Waals surface area (Å²) in [6.45, 7) is 5.55. The molecule has 0 aromatic heterocycles. The number of nitrogens with zero attached hydrogens (tertiary/aromatic N) is 1. The van der Waals surface area contributed by atoms with E-state index in [2.05, 4.69) is 0 Å². The summed E-state index contributed by atoms with van der Waals surface area (Å²) >= 11 is 0. The number of amides is 1. The van der Waals surface area contributed by atoms with Gasteiger partial charge in [-0.3, -0.25) is 9.69 Å². The summed E-state index contributed by atoms with van der Waals surface area (Å²) in [5.41, 5.74) is 1.46. The zero-order valence-corrected chi connectivity index (χ0v) is 17.3. The Morgan fingerprint density at radius 1 is 0.933 bits per heavy atom. The van der Waals surface area contributed by atoms with Crippen LogP contribution in [0, 0.1) is 0 Å². The number of rotatable bonds is 2. The Balaban J connectivity index is 1.99. The van der Waals surface area contributed by atoms with Gasteiger partial charge < -0.3 is 14.9 Å².